The third-order valence-electron chi connectivity index (χ3n) is 5.10. The molecule has 0 aliphatic rings. The maximum Gasteiger partial charge on any atom is 0.115 e. The first kappa shape index (κ1) is 19.6. The summed E-state index contributed by atoms with van der Waals surface area (Å²) in [7, 11) is 0. The van der Waals surface area contributed by atoms with E-state index in [-0.39, 0.29) is 0 Å². The van der Waals surface area contributed by atoms with Crippen molar-refractivity contribution < 1.29 is 5.11 Å². The molecule has 2 aromatic rings. The predicted octanol–water partition coefficient (Wildman–Crippen LogP) is 7.09. The minimum absolute atomic E-state index is 0.327. The average Bonchev–Trinajstić information content (AvgIpc) is 2.98. The lowest BCUT2D eigenvalue weighted by atomic mass is 10.1. The molecular weight excluding hydrogens is 306 g/mol. The van der Waals surface area contributed by atoms with Gasteiger partial charge in [0.25, 0.3) is 0 Å². The molecule has 1 heterocycles. The van der Waals surface area contributed by atoms with Gasteiger partial charge in [-0.2, -0.15) is 0 Å². The van der Waals surface area contributed by atoms with Crippen molar-refractivity contribution in [2.45, 2.75) is 84.6 Å². The SMILES string of the molecule is CCCCCCCCCCCCn1c(C)ccc1-c1ccc(O)cc1. The number of benzene rings is 1. The quantitative estimate of drug-likeness (QED) is 0.410. The van der Waals surface area contributed by atoms with E-state index < -0.39 is 0 Å². The van der Waals surface area contributed by atoms with Crippen molar-refractivity contribution in [3.8, 4) is 17.0 Å². The van der Waals surface area contributed by atoms with E-state index in [0.29, 0.717) is 5.75 Å². The van der Waals surface area contributed by atoms with Gasteiger partial charge in [0.1, 0.15) is 5.75 Å². The summed E-state index contributed by atoms with van der Waals surface area (Å²) >= 11 is 0. The van der Waals surface area contributed by atoms with Crippen molar-refractivity contribution in [2.24, 2.45) is 0 Å². The fraction of sp³-hybridized carbons (Fsp3) is 0.565. The molecule has 2 nitrogen and oxygen atoms in total. The summed E-state index contributed by atoms with van der Waals surface area (Å²) in [6.07, 6.45) is 13.7. The molecule has 2 rings (SSSR count). The van der Waals surface area contributed by atoms with Crippen LogP contribution in [0.4, 0.5) is 0 Å². The van der Waals surface area contributed by atoms with Gasteiger partial charge < -0.3 is 9.67 Å². The second-order valence-corrected chi connectivity index (χ2v) is 7.24. The van der Waals surface area contributed by atoms with Gasteiger partial charge in [0.05, 0.1) is 0 Å². The summed E-state index contributed by atoms with van der Waals surface area (Å²) < 4.78 is 2.41. The van der Waals surface area contributed by atoms with Crippen LogP contribution in [-0.2, 0) is 6.54 Å². The van der Waals surface area contributed by atoms with Crippen molar-refractivity contribution in [1.82, 2.24) is 4.57 Å². The maximum absolute atomic E-state index is 9.48. The van der Waals surface area contributed by atoms with Crippen LogP contribution in [0.5, 0.6) is 5.75 Å². The number of aryl methyl sites for hydroxylation is 1. The number of unbranched alkanes of at least 4 members (excludes halogenated alkanes) is 9. The summed E-state index contributed by atoms with van der Waals surface area (Å²) in [5.41, 5.74) is 3.76. The molecule has 1 N–H and O–H groups in total. The lowest BCUT2D eigenvalue weighted by molar-refractivity contribution is 0.475. The zero-order valence-corrected chi connectivity index (χ0v) is 16.1. The van der Waals surface area contributed by atoms with Crippen LogP contribution < -0.4 is 0 Å². The lowest BCUT2D eigenvalue weighted by Crippen LogP contribution is -2.02. The van der Waals surface area contributed by atoms with E-state index in [1.807, 2.05) is 12.1 Å². The molecule has 1 aromatic heterocycles. The molecular formula is C23H35NO. The van der Waals surface area contributed by atoms with Crippen molar-refractivity contribution in [3.05, 3.63) is 42.1 Å². The summed E-state index contributed by atoms with van der Waals surface area (Å²) in [4.78, 5) is 0. The number of aromatic hydroxyl groups is 1. The van der Waals surface area contributed by atoms with Crippen molar-refractivity contribution in [2.75, 3.05) is 0 Å². The van der Waals surface area contributed by atoms with Crippen LogP contribution in [0.15, 0.2) is 36.4 Å². The Morgan fingerprint density at radius 2 is 1.28 bits per heavy atom. The Hall–Kier alpha value is -1.70. The van der Waals surface area contributed by atoms with Gasteiger partial charge in [-0.15, -0.1) is 0 Å². The number of phenolic OH excluding ortho intramolecular Hbond substituents is 1. The first-order chi connectivity index (χ1) is 12.2. The molecule has 0 aliphatic carbocycles. The van der Waals surface area contributed by atoms with Gasteiger partial charge in [-0.25, -0.2) is 0 Å². The molecule has 0 aliphatic heterocycles. The predicted molar refractivity (Wildman–Crippen MR) is 108 cm³/mol. The Kier molecular flexibility index (Phi) is 8.65. The highest BCUT2D eigenvalue weighted by Gasteiger charge is 2.07. The minimum Gasteiger partial charge on any atom is -0.508 e. The van der Waals surface area contributed by atoms with E-state index in [4.69, 9.17) is 0 Å². The Labute approximate surface area is 153 Å². The third kappa shape index (κ3) is 6.61. The number of rotatable bonds is 12. The van der Waals surface area contributed by atoms with Gasteiger partial charge in [-0.1, -0.05) is 64.7 Å². The highest BCUT2D eigenvalue weighted by molar-refractivity contribution is 5.61. The fourth-order valence-corrected chi connectivity index (χ4v) is 3.51. The van der Waals surface area contributed by atoms with Crippen LogP contribution in [0, 0.1) is 6.92 Å². The molecule has 0 saturated heterocycles. The largest absolute Gasteiger partial charge is 0.508 e. The highest BCUT2D eigenvalue weighted by atomic mass is 16.3. The zero-order chi connectivity index (χ0) is 17.9. The van der Waals surface area contributed by atoms with Crippen LogP contribution in [0.3, 0.4) is 0 Å². The molecule has 0 amide bonds. The molecule has 2 heteroatoms. The van der Waals surface area contributed by atoms with Crippen molar-refractivity contribution in [1.29, 1.82) is 0 Å². The Balaban J connectivity index is 1.69. The summed E-state index contributed by atoms with van der Waals surface area (Å²) in [6, 6.07) is 11.9. The molecule has 138 valence electrons. The zero-order valence-electron chi connectivity index (χ0n) is 16.1. The van der Waals surface area contributed by atoms with Gasteiger partial charge in [0.2, 0.25) is 0 Å². The molecule has 0 saturated carbocycles. The lowest BCUT2D eigenvalue weighted by Gasteiger charge is -2.12. The summed E-state index contributed by atoms with van der Waals surface area (Å²) in [6.45, 7) is 5.55. The normalized spacial score (nSPS) is 11.1. The van der Waals surface area contributed by atoms with Crippen LogP contribution >= 0.6 is 0 Å². The molecule has 0 bridgehead atoms. The first-order valence-corrected chi connectivity index (χ1v) is 10.2. The van der Waals surface area contributed by atoms with E-state index in [9.17, 15) is 5.11 Å². The number of phenols is 1. The van der Waals surface area contributed by atoms with Crippen LogP contribution in [-0.4, -0.2) is 9.67 Å². The standard InChI is InChI=1S/C23H35NO/c1-3-4-5-6-7-8-9-10-11-12-19-24-20(2)13-18-23(24)21-14-16-22(25)17-15-21/h13-18,25H,3-12,19H2,1-2H3. The van der Waals surface area contributed by atoms with Gasteiger partial charge in [0, 0.05) is 17.9 Å². The van der Waals surface area contributed by atoms with E-state index in [2.05, 4.69) is 30.5 Å². The second kappa shape index (κ2) is 11.0. The Morgan fingerprint density at radius 1 is 0.720 bits per heavy atom. The van der Waals surface area contributed by atoms with Gasteiger partial charge in [-0.3, -0.25) is 0 Å². The van der Waals surface area contributed by atoms with E-state index >= 15 is 0 Å². The van der Waals surface area contributed by atoms with Crippen LogP contribution in [0.25, 0.3) is 11.3 Å². The van der Waals surface area contributed by atoms with Crippen LogP contribution in [0.1, 0.15) is 76.8 Å². The monoisotopic (exact) mass is 341 g/mol. The topological polar surface area (TPSA) is 25.2 Å². The number of hydrogen-bond acceptors (Lipinski definition) is 1. The summed E-state index contributed by atoms with van der Waals surface area (Å²) in [5.74, 6) is 0.327. The molecule has 25 heavy (non-hydrogen) atoms. The molecule has 0 atom stereocenters. The Bertz CT molecular complexity index is 597. The molecule has 0 unspecified atom stereocenters. The molecule has 1 aromatic carbocycles. The molecule has 0 spiro atoms. The number of aromatic nitrogens is 1. The summed E-state index contributed by atoms with van der Waals surface area (Å²) in [5, 5.41) is 9.48. The average molecular weight is 342 g/mol. The number of nitrogens with zero attached hydrogens (tertiary/aromatic N) is 1. The van der Waals surface area contributed by atoms with Gasteiger partial charge in [-0.05, 0) is 55.3 Å². The molecule has 0 radical (unpaired) electrons. The van der Waals surface area contributed by atoms with E-state index in [1.165, 1.54) is 81.2 Å². The second-order valence-electron chi connectivity index (χ2n) is 7.24. The van der Waals surface area contributed by atoms with E-state index in [1.54, 1.807) is 12.1 Å². The van der Waals surface area contributed by atoms with E-state index in [0.717, 1.165) is 6.54 Å². The molecule has 0 fully saturated rings. The van der Waals surface area contributed by atoms with Gasteiger partial charge >= 0.3 is 0 Å². The van der Waals surface area contributed by atoms with Gasteiger partial charge in [0.15, 0.2) is 0 Å². The minimum atomic E-state index is 0.327. The van der Waals surface area contributed by atoms with Crippen molar-refractivity contribution >= 4 is 0 Å². The fourth-order valence-electron chi connectivity index (χ4n) is 3.51. The first-order valence-electron chi connectivity index (χ1n) is 10.2. The van der Waals surface area contributed by atoms with Crippen LogP contribution in [0.2, 0.25) is 0 Å². The third-order valence-corrected chi connectivity index (χ3v) is 5.10. The highest BCUT2D eigenvalue weighted by Crippen LogP contribution is 2.25. The van der Waals surface area contributed by atoms with Crippen molar-refractivity contribution in [3.63, 3.8) is 0 Å². The Morgan fingerprint density at radius 3 is 1.88 bits per heavy atom. The maximum atomic E-state index is 9.48. The number of hydrogen-bond donors (Lipinski definition) is 1. The smallest absolute Gasteiger partial charge is 0.115 e.